The van der Waals surface area contributed by atoms with Crippen molar-refractivity contribution in [1.82, 2.24) is 10.6 Å². The maximum atomic E-state index is 11.9. The van der Waals surface area contributed by atoms with Gasteiger partial charge in [0.2, 0.25) is 0 Å². The summed E-state index contributed by atoms with van der Waals surface area (Å²) in [6.07, 6.45) is 0.931. The van der Waals surface area contributed by atoms with Crippen molar-refractivity contribution < 1.29 is 9.53 Å². The van der Waals surface area contributed by atoms with Crippen molar-refractivity contribution in [3.63, 3.8) is 0 Å². The van der Waals surface area contributed by atoms with E-state index in [-0.39, 0.29) is 5.91 Å². The highest BCUT2D eigenvalue weighted by Gasteiger charge is 2.08. The Hall–Kier alpha value is -1.62. The van der Waals surface area contributed by atoms with Gasteiger partial charge in [-0.2, -0.15) is 0 Å². The summed E-state index contributed by atoms with van der Waals surface area (Å²) >= 11 is 4.96. The van der Waals surface area contributed by atoms with E-state index in [1.807, 2.05) is 19.9 Å². The summed E-state index contributed by atoms with van der Waals surface area (Å²) in [6, 6.07) is 7.05. The van der Waals surface area contributed by atoms with Crippen molar-refractivity contribution in [2.45, 2.75) is 20.3 Å². The Balaban J connectivity index is 2.64. The highest BCUT2D eigenvalue weighted by molar-refractivity contribution is 7.80. The van der Waals surface area contributed by atoms with E-state index in [4.69, 9.17) is 17.0 Å². The van der Waals surface area contributed by atoms with Crippen molar-refractivity contribution in [3.8, 4) is 5.75 Å². The third kappa shape index (κ3) is 4.71. The molecule has 98 valence electrons. The SMILES string of the molecule is CCCOc1cccc(C(=O)NC(=S)NCC)c1. The average molecular weight is 266 g/mol. The molecule has 0 unspecified atom stereocenters. The first-order valence-electron chi connectivity index (χ1n) is 5.99. The second-order valence-corrected chi connectivity index (χ2v) is 4.10. The topological polar surface area (TPSA) is 50.4 Å². The smallest absolute Gasteiger partial charge is 0.257 e. The van der Waals surface area contributed by atoms with Crippen LogP contribution in [0.25, 0.3) is 0 Å². The number of nitrogens with one attached hydrogen (secondary N) is 2. The number of rotatable bonds is 5. The van der Waals surface area contributed by atoms with Crippen molar-refractivity contribution in [2.24, 2.45) is 0 Å². The molecule has 0 fully saturated rings. The standard InChI is InChI=1S/C13H18N2O2S/c1-3-8-17-11-7-5-6-10(9-11)12(16)15-13(18)14-4-2/h5-7,9H,3-4,8H2,1-2H3,(H2,14,15,16,18). The summed E-state index contributed by atoms with van der Waals surface area (Å²) in [5.74, 6) is 0.460. The average Bonchev–Trinajstić information content (AvgIpc) is 2.37. The lowest BCUT2D eigenvalue weighted by Crippen LogP contribution is -2.39. The van der Waals surface area contributed by atoms with Crippen LogP contribution in [0.15, 0.2) is 24.3 Å². The molecular weight excluding hydrogens is 248 g/mol. The van der Waals surface area contributed by atoms with Gasteiger partial charge in [-0.05, 0) is 43.8 Å². The fourth-order valence-corrected chi connectivity index (χ4v) is 1.56. The molecule has 4 nitrogen and oxygen atoms in total. The van der Waals surface area contributed by atoms with Crippen molar-refractivity contribution in [1.29, 1.82) is 0 Å². The molecule has 0 aromatic heterocycles. The number of hydrogen-bond acceptors (Lipinski definition) is 3. The lowest BCUT2D eigenvalue weighted by Gasteiger charge is -2.09. The molecule has 0 radical (unpaired) electrons. The molecule has 1 amide bonds. The van der Waals surface area contributed by atoms with Crippen molar-refractivity contribution in [3.05, 3.63) is 29.8 Å². The number of ether oxygens (including phenoxy) is 1. The fraction of sp³-hybridized carbons (Fsp3) is 0.385. The van der Waals surface area contributed by atoms with Crippen LogP contribution in [0.1, 0.15) is 30.6 Å². The Kier molecular flexibility index (Phi) is 6.14. The van der Waals surface area contributed by atoms with Gasteiger partial charge in [0.15, 0.2) is 5.11 Å². The van der Waals surface area contributed by atoms with Gasteiger partial charge in [-0.15, -0.1) is 0 Å². The first-order chi connectivity index (χ1) is 8.67. The first-order valence-corrected chi connectivity index (χ1v) is 6.40. The normalized spacial score (nSPS) is 9.67. The molecule has 0 atom stereocenters. The summed E-state index contributed by atoms with van der Waals surface area (Å²) in [7, 11) is 0. The third-order valence-corrected chi connectivity index (χ3v) is 2.38. The molecule has 0 saturated carbocycles. The number of carbonyl (C=O) groups is 1. The van der Waals surface area contributed by atoms with Gasteiger partial charge in [0.05, 0.1) is 6.61 Å². The van der Waals surface area contributed by atoms with Crippen LogP contribution in [0.2, 0.25) is 0 Å². The Morgan fingerprint density at radius 3 is 2.83 bits per heavy atom. The second-order valence-electron chi connectivity index (χ2n) is 3.69. The number of benzene rings is 1. The van der Waals surface area contributed by atoms with E-state index >= 15 is 0 Å². The fourth-order valence-electron chi connectivity index (χ4n) is 1.33. The number of thiocarbonyl (C=S) groups is 1. The monoisotopic (exact) mass is 266 g/mol. The number of hydrogen-bond donors (Lipinski definition) is 2. The van der Waals surface area contributed by atoms with E-state index in [9.17, 15) is 4.79 Å². The second kappa shape index (κ2) is 7.66. The van der Waals surface area contributed by atoms with Crippen LogP contribution < -0.4 is 15.4 Å². The van der Waals surface area contributed by atoms with Crippen LogP contribution in [0.4, 0.5) is 0 Å². The molecule has 0 bridgehead atoms. The largest absolute Gasteiger partial charge is 0.494 e. The molecule has 0 aliphatic heterocycles. The van der Waals surface area contributed by atoms with Crippen LogP contribution in [-0.2, 0) is 0 Å². The molecule has 1 rings (SSSR count). The van der Waals surface area contributed by atoms with Gasteiger partial charge in [-0.1, -0.05) is 13.0 Å². The zero-order valence-electron chi connectivity index (χ0n) is 10.7. The molecule has 0 heterocycles. The summed E-state index contributed by atoms with van der Waals surface area (Å²) < 4.78 is 5.47. The minimum atomic E-state index is -0.233. The van der Waals surface area contributed by atoms with E-state index in [1.54, 1.807) is 18.2 Å². The van der Waals surface area contributed by atoms with Gasteiger partial charge >= 0.3 is 0 Å². The van der Waals surface area contributed by atoms with Gasteiger partial charge in [-0.25, -0.2) is 0 Å². The molecule has 5 heteroatoms. The lowest BCUT2D eigenvalue weighted by atomic mass is 10.2. The number of amides is 1. The van der Waals surface area contributed by atoms with E-state index in [1.165, 1.54) is 0 Å². The highest BCUT2D eigenvalue weighted by Crippen LogP contribution is 2.13. The Morgan fingerprint density at radius 2 is 2.17 bits per heavy atom. The Bertz CT molecular complexity index is 421. The number of carbonyl (C=O) groups excluding carboxylic acids is 1. The predicted octanol–water partition coefficient (Wildman–Crippen LogP) is 2.10. The van der Waals surface area contributed by atoms with Crippen molar-refractivity contribution in [2.75, 3.05) is 13.2 Å². The van der Waals surface area contributed by atoms with Crippen LogP contribution in [0, 0.1) is 0 Å². The van der Waals surface area contributed by atoms with Gasteiger partial charge in [0.1, 0.15) is 5.75 Å². The molecule has 0 saturated heterocycles. The predicted molar refractivity (Wildman–Crippen MR) is 76.0 cm³/mol. The Morgan fingerprint density at radius 1 is 1.39 bits per heavy atom. The molecule has 1 aromatic carbocycles. The van der Waals surface area contributed by atoms with Crippen LogP contribution in [-0.4, -0.2) is 24.2 Å². The summed E-state index contributed by atoms with van der Waals surface area (Å²) in [5.41, 5.74) is 0.531. The zero-order valence-corrected chi connectivity index (χ0v) is 11.5. The van der Waals surface area contributed by atoms with Gasteiger partial charge in [0, 0.05) is 12.1 Å². The van der Waals surface area contributed by atoms with E-state index in [0.29, 0.717) is 29.6 Å². The molecule has 1 aromatic rings. The minimum absolute atomic E-state index is 0.233. The van der Waals surface area contributed by atoms with Crippen LogP contribution >= 0.6 is 12.2 Å². The van der Waals surface area contributed by atoms with Gasteiger partial charge < -0.3 is 10.1 Å². The van der Waals surface area contributed by atoms with E-state index < -0.39 is 0 Å². The van der Waals surface area contributed by atoms with Crippen molar-refractivity contribution >= 4 is 23.2 Å². The third-order valence-electron chi connectivity index (χ3n) is 2.13. The molecule has 0 spiro atoms. The lowest BCUT2D eigenvalue weighted by molar-refractivity contribution is 0.0976. The first kappa shape index (κ1) is 14.4. The Labute approximate surface area is 113 Å². The summed E-state index contributed by atoms with van der Waals surface area (Å²) in [6.45, 7) is 5.27. The van der Waals surface area contributed by atoms with Gasteiger partial charge in [-0.3, -0.25) is 10.1 Å². The summed E-state index contributed by atoms with van der Waals surface area (Å²) in [4.78, 5) is 11.9. The van der Waals surface area contributed by atoms with Gasteiger partial charge in [0.25, 0.3) is 5.91 Å². The summed E-state index contributed by atoms with van der Waals surface area (Å²) in [5, 5.41) is 5.81. The molecule has 0 aliphatic carbocycles. The highest BCUT2D eigenvalue weighted by atomic mass is 32.1. The quantitative estimate of drug-likeness (QED) is 0.801. The molecule has 18 heavy (non-hydrogen) atoms. The van der Waals surface area contributed by atoms with E-state index in [0.717, 1.165) is 6.42 Å². The maximum Gasteiger partial charge on any atom is 0.257 e. The molecule has 2 N–H and O–H groups in total. The minimum Gasteiger partial charge on any atom is -0.494 e. The van der Waals surface area contributed by atoms with Crippen LogP contribution in [0.5, 0.6) is 5.75 Å². The maximum absolute atomic E-state index is 11.9. The van der Waals surface area contributed by atoms with Crippen LogP contribution in [0.3, 0.4) is 0 Å². The molecular formula is C13H18N2O2S. The zero-order chi connectivity index (χ0) is 13.4. The van der Waals surface area contributed by atoms with E-state index in [2.05, 4.69) is 10.6 Å². The molecule has 0 aliphatic rings.